The number of nitrogens with one attached hydrogen (secondary N) is 3. The van der Waals surface area contributed by atoms with Gasteiger partial charge in [0.15, 0.2) is 0 Å². The van der Waals surface area contributed by atoms with Crippen molar-refractivity contribution in [2.24, 2.45) is 0 Å². The molecule has 3 aromatic rings. The van der Waals surface area contributed by atoms with Crippen LogP contribution in [-0.2, 0) is 22.4 Å². The molecule has 0 radical (unpaired) electrons. The van der Waals surface area contributed by atoms with Gasteiger partial charge in [-0.15, -0.1) is 11.8 Å². The molecule has 170 valence electrons. The van der Waals surface area contributed by atoms with Crippen molar-refractivity contribution in [2.45, 2.75) is 17.8 Å². The summed E-state index contributed by atoms with van der Waals surface area (Å²) in [4.78, 5) is 26.4. The number of thiazole rings is 1. The van der Waals surface area contributed by atoms with Gasteiger partial charge in [0.05, 0.1) is 18.4 Å². The van der Waals surface area contributed by atoms with E-state index in [1.165, 1.54) is 5.56 Å². The zero-order valence-corrected chi connectivity index (χ0v) is 19.6. The first kappa shape index (κ1) is 22.8. The molecule has 0 saturated carbocycles. The Kier molecular flexibility index (Phi) is 7.51. The fourth-order valence-corrected chi connectivity index (χ4v) is 5.41. The number of thioether (sulfide) groups is 1. The summed E-state index contributed by atoms with van der Waals surface area (Å²) in [5, 5.41) is 6.41. The summed E-state index contributed by atoms with van der Waals surface area (Å²) in [7, 11) is 1.58. The lowest BCUT2D eigenvalue weighted by atomic mass is 10.1. The largest absolute Gasteiger partial charge is 0.495 e. The van der Waals surface area contributed by atoms with E-state index in [1.807, 2.05) is 18.2 Å². The molecule has 0 bridgehead atoms. The van der Waals surface area contributed by atoms with Crippen molar-refractivity contribution in [2.75, 3.05) is 39.1 Å². The molecule has 1 aliphatic heterocycles. The Labute approximate surface area is 194 Å². The molecule has 1 aliphatic rings. The van der Waals surface area contributed by atoms with Gasteiger partial charge in [0.1, 0.15) is 11.3 Å². The highest BCUT2D eigenvalue weighted by atomic mass is 32.2. The van der Waals surface area contributed by atoms with Crippen molar-refractivity contribution in [3.8, 4) is 5.75 Å². The maximum Gasteiger partial charge on any atom is 0.305 e. The number of carbonyl (C=O) groups is 1. The van der Waals surface area contributed by atoms with Crippen molar-refractivity contribution in [1.29, 1.82) is 0 Å². The van der Waals surface area contributed by atoms with Crippen LogP contribution in [0.25, 0.3) is 10.2 Å². The van der Waals surface area contributed by atoms with Crippen LogP contribution in [0.2, 0.25) is 0 Å². The maximum absolute atomic E-state index is 12.6. The second-order valence-corrected chi connectivity index (χ2v) is 9.87. The smallest absolute Gasteiger partial charge is 0.305 e. The molecule has 0 spiro atoms. The van der Waals surface area contributed by atoms with Crippen molar-refractivity contribution >= 4 is 39.2 Å². The number of aromatic nitrogens is 1. The Hall–Kier alpha value is -2.33. The number of ether oxygens (including phenoxy) is 2. The van der Waals surface area contributed by atoms with Gasteiger partial charge in [-0.1, -0.05) is 47.7 Å². The predicted octanol–water partition coefficient (Wildman–Crippen LogP) is 2.55. The van der Waals surface area contributed by atoms with Crippen LogP contribution in [0.3, 0.4) is 0 Å². The second-order valence-electron chi connectivity index (χ2n) is 7.53. The number of hydrogen-bond donors (Lipinski definition) is 3. The first-order valence-electron chi connectivity index (χ1n) is 10.6. The van der Waals surface area contributed by atoms with Crippen LogP contribution in [0.5, 0.6) is 5.75 Å². The SMILES string of the molecule is COc1ccc(CCNC(=O)C2(SCCNCCc3ccccc3)CO2)c2sc(=O)[nH]c12. The number of hydrogen-bond acceptors (Lipinski definition) is 7. The van der Waals surface area contributed by atoms with Gasteiger partial charge in [-0.2, -0.15) is 0 Å². The van der Waals surface area contributed by atoms with Crippen LogP contribution < -0.4 is 20.2 Å². The van der Waals surface area contributed by atoms with Gasteiger partial charge in [0.2, 0.25) is 4.93 Å². The molecule has 9 heteroatoms. The average molecular weight is 474 g/mol. The predicted molar refractivity (Wildman–Crippen MR) is 130 cm³/mol. The first-order valence-corrected chi connectivity index (χ1v) is 12.4. The maximum atomic E-state index is 12.6. The third-order valence-corrected chi connectivity index (χ3v) is 7.58. The average Bonchev–Trinajstić information content (AvgIpc) is 3.50. The Morgan fingerprint density at radius 3 is 2.75 bits per heavy atom. The summed E-state index contributed by atoms with van der Waals surface area (Å²) in [6.07, 6.45) is 1.61. The third kappa shape index (κ3) is 5.53. The highest BCUT2D eigenvalue weighted by Gasteiger charge is 2.52. The van der Waals surface area contributed by atoms with Crippen molar-refractivity contribution in [3.05, 3.63) is 63.3 Å². The van der Waals surface area contributed by atoms with Crippen LogP contribution in [0.4, 0.5) is 0 Å². The molecule has 3 N–H and O–H groups in total. The standard InChI is InChI=1S/C23H27N3O4S2/c1-29-18-8-7-17(20-19(18)26-22(28)32-20)10-12-25-21(27)23(15-30-23)31-14-13-24-11-9-16-5-3-2-4-6-16/h2-8,24H,9-15H2,1H3,(H,25,27)(H,26,28). The van der Waals surface area contributed by atoms with Gasteiger partial charge in [0.25, 0.3) is 5.91 Å². The van der Waals surface area contributed by atoms with E-state index >= 15 is 0 Å². The molecule has 0 aliphatic carbocycles. The molecule has 2 aromatic carbocycles. The Morgan fingerprint density at radius 1 is 1.19 bits per heavy atom. The lowest BCUT2D eigenvalue weighted by molar-refractivity contribution is -0.123. The molecule has 1 fully saturated rings. The van der Waals surface area contributed by atoms with Gasteiger partial charge in [-0.3, -0.25) is 9.59 Å². The van der Waals surface area contributed by atoms with Gasteiger partial charge in [-0.05, 0) is 36.6 Å². The highest BCUT2D eigenvalue weighted by Crippen LogP contribution is 2.39. The zero-order chi connectivity index (χ0) is 22.4. The fraction of sp³-hybridized carbons (Fsp3) is 0.391. The number of epoxide rings is 1. The number of benzene rings is 2. The van der Waals surface area contributed by atoms with Crippen molar-refractivity contribution in [1.82, 2.24) is 15.6 Å². The molecular formula is C23H27N3O4S2. The lowest BCUT2D eigenvalue weighted by Gasteiger charge is -2.13. The number of H-pyrrole nitrogens is 1. The van der Waals surface area contributed by atoms with E-state index in [9.17, 15) is 9.59 Å². The number of aromatic amines is 1. The minimum atomic E-state index is -0.755. The topological polar surface area (TPSA) is 95.8 Å². The van der Waals surface area contributed by atoms with Crippen molar-refractivity contribution < 1.29 is 14.3 Å². The molecule has 2 heterocycles. The first-order chi connectivity index (χ1) is 15.6. The van der Waals surface area contributed by atoms with E-state index in [1.54, 1.807) is 18.9 Å². The minimum absolute atomic E-state index is 0.0844. The summed E-state index contributed by atoms with van der Waals surface area (Å²) in [6, 6.07) is 14.2. The van der Waals surface area contributed by atoms with Crippen LogP contribution in [0.1, 0.15) is 11.1 Å². The lowest BCUT2D eigenvalue weighted by Crippen LogP contribution is -2.37. The van der Waals surface area contributed by atoms with Gasteiger partial charge in [0, 0.05) is 18.8 Å². The summed E-state index contributed by atoms with van der Waals surface area (Å²) in [5.74, 6) is 1.36. The fourth-order valence-electron chi connectivity index (χ4n) is 3.51. The van der Waals surface area contributed by atoms with E-state index in [4.69, 9.17) is 9.47 Å². The molecule has 7 nitrogen and oxygen atoms in total. The number of fused-ring (bicyclic) bond motifs is 1. The van der Waals surface area contributed by atoms with E-state index in [-0.39, 0.29) is 10.8 Å². The Balaban J connectivity index is 1.19. The highest BCUT2D eigenvalue weighted by molar-refractivity contribution is 8.01. The number of amides is 1. The summed E-state index contributed by atoms with van der Waals surface area (Å²) in [6.45, 7) is 2.66. The monoisotopic (exact) mass is 473 g/mol. The molecule has 32 heavy (non-hydrogen) atoms. The van der Waals surface area contributed by atoms with Gasteiger partial charge in [-0.25, -0.2) is 0 Å². The normalized spacial score (nSPS) is 17.4. The Bertz CT molecular complexity index is 1110. The Morgan fingerprint density at radius 2 is 2.00 bits per heavy atom. The third-order valence-electron chi connectivity index (χ3n) is 5.32. The van der Waals surface area contributed by atoms with Crippen molar-refractivity contribution in [3.63, 3.8) is 0 Å². The van der Waals surface area contributed by atoms with E-state index in [0.717, 1.165) is 46.9 Å². The molecule has 1 unspecified atom stereocenters. The van der Waals surface area contributed by atoms with E-state index in [0.29, 0.717) is 30.8 Å². The molecule has 1 atom stereocenters. The molecular weight excluding hydrogens is 446 g/mol. The number of methoxy groups -OCH3 is 1. The molecule has 1 aromatic heterocycles. The summed E-state index contributed by atoms with van der Waals surface area (Å²) in [5.41, 5.74) is 3.03. The minimum Gasteiger partial charge on any atom is -0.495 e. The van der Waals surface area contributed by atoms with Crippen LogP contribution in [-0.4, -0.2) is 54.9 Å². The summed E-state index contributed by atoms with van der Waals surface area (Å²) < 4.78 is 11.7. The van der Waals surface area contributed by atoms with Crippen LogP contribution >= 0.6 is 23.1 Å². The second kappa shape index (κ2) is 10.5. The van der Waals surface area contributed by atoms with E-state index < -0.39 is 4.93 Å². The number of rotatable bonds is 12. The van der Waals surface area contributed by atoms with Crippen LogP contribution in [0.15, 0.2) is 47.3 Å². The zero-order valence-electron chi connectivity index (χ0n) is 17.9. The van der Waals surface area contributed by atoms with E-state index in [2.05, 4.69) is 39.9 Å². The molecule has 1 amide bonds. The quantitative estimate of drug-likeness (QED) is 0.276. The number of carbonyl (C=O) groups excluding carboxylic acids is 1. The van der Waals surface area contributed by atoms with Gasteiger partial charge < -0.3 is 25.1 Å². The van der Waals surface area contributed by atoms with Crippen LogP contribution in [0, 0.1) is 0 Å². The summed E-state index contributed by atoms with van der Waals surface area (Å²) >= 11 is 2.71. The molecule has 4 rings (SSSR count). The molecule has 1 saturated heterocycles. The van der Waals surface area contributed by atoms with Gasteiger partial charge >= 0.3 is 4.87 Å².